The van der Waals surface area contributed by atoms with E-state index >= 15 is 0 Å². The van der Waals surface area contributed by atoms with Gasteiger partial charge in [-0.3, -0.25) is 5.10 Å². The zero-order chi connectivity index (χ0) is 12.5. The number of aromatic nitrogens is 4. The molecular weight excluding hydrogens is 248 g/mol. The Balaban J connectivity index is 2.11. The molecule has 0 amide bonds. The fourth-order valence-corrected chi connectivity index (χ4v) is 2.15. The predicted octanol–water partition coefficient (Wildman–Crippen LogP) is -0.838. The van der Waals surface area contributed by atoms with E-state index < -0.39 is 10.0 Å². The first-order chi connectivity index (χ1) is 7.99. The highest BCUT2D eigenvalue weighted by Gasteiger charge is 2.19. The van der Waals surface area contributed by atoms with Crippen LogP contribution in [0.5, 0.6) is 0 Å². The van der Waals surface area contributed by atoms with E-state index in [0.29, 0.717) is 5.89 Å². The van der Waals surface area contributed by atoms with Gasteiger partial charge in [0.2, 0.25) is 15.9 Å². The second-order valence-corrected chi connectivity index (χ2v) is 4.94. The summed E-state index contributed by atoms with van der Waals surface area (Å²) < 4.78 is 30.5. The van der Waals surface area contributed by atoms with Crippen LogP contribution in [0, 0.1) is 6.92 Å². The smallest absolute Gasteiger partial charge is 0.246 e. The quantitative estimate of drug-likeness (QED) is 0.649. The summed E-state index contributed by atoms with van der Waals surface area (Å²) in [6.45, 7) is 1.53. The lowest BCUT2D eigenvalue weighted by molar-refractivity contribution is 0.387. The van der Waals surface area contributed by atoms with Crippen LogP contribution >= 0.6 is 0 Å². The molecule has 2 rings (SSSR count). The number of hydrogen-bond acceptors (Lipinski definition) is 7. The number of aromatic amines is 1. The number of rotatable bonds is 4. The summed E-state index contributed by atoms with van der Waals surface area (Å²) in [5.74, 6) is 0.581. The predicted molar refractivity (Wildman–Crippen MR) is 56.1 cm³/mol. The van der Waals surface area contributed by atoms with Crippen molar-refractivity contribution in [2.45, 2.75) is 18.4 Å². The normalized spacial score (nSPS) is 11.8. The third kappa shape index (κ3) is 2.42. The van der Waals surface area contributed by atoms with Crippen LogP contribution in [0.25, 0.3) is 0 Å². The summed E-state index contributed by atoms with van der Waals surface area (Å²) in [4.78, 5) is 3.74. The number of anilines is 1. The van der Waals surface area contributed by atoms with Crippen LogP contribution in [0.2, 0.25) is 0 Å². The lowest BCUT2D eigenvalue weighted by Gasteiger charge is -2.02. The fourth-order valence-electron chi connectivity index (χ4n) is 1.15. The van der Waals surface area contributed by atoms with Crippen molar-refractivity contribution < 1.29 is 12.9 Å². The van der Waals surface area contributed by atoms with Gasteiger partial charge in [-0.2, -0.15) is 10.1 Å². The Hall–Kier alpha value is -1.94. The van der Waals surface area contributed by atoms with Gasteiger partial charge in [-0.25, -0.2) is 13.1 Å². The SMILES string of the molecule is Cc1nc(CNS(=O)(=O)c2cn[nH]c2N)no1. The van der Waals surface area contributed by atoms with Gasteiger partial charge in [0.05, 0.1) is 12.7 Å². The zero-order valence-corrected chi connectivity index (χ0v) is 9.65. The lowest BCUT2D eigenvalue weighted by atomic mass is 10.6. The molecule has 2 aromatic rings. The van der Waals surface area contributed by atoms with Crippen molar-refractivity contribution in [1.29, 1.82) is 0 Å². The molecular formula is C7H10N6O3S. The molecule has 9 nitrogen and oxygen atoms in total. The van der Waals surface area contributed by atoms with Gasteiger partial charge in [-0.1, -0.05) is 5.16 Å². The van der Waals surface area contributed by atoms with Crippen molar-refractivity contribution in [2.75, 3.05) is 5.73 Å². The number of sulfonamides is 1. The molecule has 17 heavy (non-hydrogen) atoms. The largest absolute Gasteiger partial charge is 0.383 e. The summed E-state index contributed by atoms with van der Waals surface area (Å²) >= 11 is 0. The molecule has 0 saturated carbocycles. The van der Waals surface area contributed by atoms with Crippen LogP contribution in [0.3, 0.4) is 0 Å². The van der Waals surface area contributed by atoms with Crippen LogP contribution in [0.1, 0.15) is 11.7 Å². The average Bonchev–Trinajstić information content (AvgIpc) is 2.85. The first-order valence-electron chi connectivity index (χ1n) is 4.57. The Morgan fingerprint density at radius 1 is 1.59 bits per heavy atom. The first kappa shape index (κ1) is 11.5. The topological polar surface area (TPSA) is 140 Å². The third-order valence-corrected chi connectivity index (χ3v) is 3.34. The average molecular weight is 258 g/mol. The maximum atomic E-state index is 11.8. The van der Waals surface area contributed by atoms with E-state index in [0.717, 1.165) is 6.20 Å². The van der Waals surface area contributed by atoms with Crippen LogP contribution < -0.4 is 10.5 Å². The van der Waals surface area contributed by atoms with Gasteiger partial charge in [0.25, 0.3) is 0 Å². The molecule has 0 aromatic carbocycles. The zero-order valence-electron chi connectivity index (χ0n) is 8.84. The molecule has 4 N–H and O–H groups in total. The molecule has 10 heteroatoms. The van der Waals surface area contributed by atoms with Gasteiger partial charge in [0.1, 0.15) is 10.7 Å². The maximum Gasteiger partial charge on any atom is 0.246 e. The third-order valence-electron chi connectivity index (χ3n) is 1.91. The van der Waals surface area contributed by atoms with Gasteiger partial charge in [0, 0.05) is 6.92 Å². The molecule has 0 fully saturated rings. The molecule has 0 saturated heterocycles. The van der Waals surface area contributed by atoms with E-state index in [1.807, 2.05) is 0 Å². The van der Waals surface area contributed by atoms with Crippen LogP contribution in [0.4, 0.5) is 5.82 Å². The Bertz CT molecular complexity index is 615. The number of nitrogens with one attached hydrogen (secondary N) is 2. The van der Waals surface area contributed by atoms with Crippen molar-refractivity contribution in [1.82, 2.24) is 25.1 Å². The van der Waals surface area contributed by atoms with Crippen LogP contribution in [-0.4, -0.2) is 28.8 Å². The molecule has 0 aliphatic heterocycles. The van der Waals surface area contributed by atoms with Crippen LogP contribution in [-0.2, 0) is 16.6 Å². The Morgan fingerprint density at radius 3 is 2.88 bits per heavy atom. The van der Waals surface area contributed by atoms with Gasteiger partial charge >= 0.3 is 0 Å². The van der Waals surface area contributed by atoms with Crippen molar-refractivity contribution in [3.8, 4) is 0 Å². The summed E-state index contributed by atoms with van der Waals surface area (Å²) in [6.07, 6.45) is 1.12. The van der Waals surface area contributed by atoms with Gasteiger partial charge in [-0.05, 0) is 0 Å². The molecule has 0 aliphatic rings. The molecule has 0 spiro atoms. The number of nitrogen functional groups attached to an aromatic ring is 1. The van der Waals surface area contributed by atoms with E-state index in [2.05, 4.69) is 25.1 Å². The van der Waals surface area contributed by atoms with E-state index in [9.17, 15) is 8.42 Å². The Labute approximate surface area is 96.5 Å². The van der Waals surface area contributed by atoms with Crippen molar-refractivity contribution >= 4 is 15.8 Å². The highest BCUT2D eigenvalue weighted by molar-refractivity contribution is 7.89. The second-order valence-electron chi connectivity index (χ2n) is 3.20. The first-order valence-corrected chi connectivity index (χ1v) is 6.05. The van der Waals surface area contributed by atoms with E-state index in [1.54, 1.807) is 6.92 Å². The Kier molecular flexibility index (Phi) is 2.81. The molecule has 0 atom stereocenters. The summed E-state index contributed by atoms with van der Waals surface area (Å²) in [5.41, 5.74) is 5.41. The van der Waals surface area contributed by atoms with E-state index in [1.165, 1.54) is 0 Å². The minimum atomic E-state index is -3.73. The molecule has 0 bridgehead atoms. The highest BCUT2D eigenvalue weighted by atomic mass is 32.2. The molecule has 2 heterocycles. The Morgan fingerprint density at radius 2 is 2.35 bits per heavy atom. The van der Waals surface area contributed by atoms with E-state index in [-0.39, 0.29) is 23.1 Å². The molecule has 0 aliphatic carbocycles. The molecule has 0 radical (unpaired) electrons. The summed E-state index contributed by atoms with van der Waals surface area (Å²) in [6, 6.07) is 0. The fraction of sp³-hybridized carbons (Fsp3) is 0.286. The maximum absolute atomic E-state index is 11.8. The molecule has 92 valence electrons. The summed E-state index contributed by atoms with van der Waals surface area (Å²) in [7, 11) is -3.73. The second kappa shape index (κ2) is 4.14. The summed E-state index contributed by atoms with van der Waals surface area (Å²) in [5, 5.41) is 9.42. The number of nitrogens with two attached hydrogens (primary N) is 1. The van der Waals surface area contributed by atoms with Crippen LogP contribution in [0.15, 0.2) is 15.6 Å². The van der Waals surface area contributed by atoms with Gasteiger partial charge < -0.3 is 10.3 Å². The number of aryl methyl sites for hydroxylation is 1. The molecule has 0 unspecified atom stereocenters. The van der Waals surface area contributed by atoms with Crippen molar-refractivity contribution in [3.63, 3.8) is 0 Å². The van der Waals surface area contributed by atoms with Crippen molar-refractivity contribution in [2.24, 2.45) is 0 Å². The highest BCUT2D eigenvalue weighted by Crippen LogP contribution is 2.13. The molecule has 2 aromatic heterocycles. The lowest BCUT2D eigenvalue weighted by Crippen LogP contribution is -2.24. The minimum absolute atomic E-state index is 0.0261. The monoisotopic (exact) mass is 258 g/mol. The number of H-pyrrole nitrogens is 1. The minimum Gasteiger partial charge on any atom is -0.383 e. The van der Waals surface area contributed by atoms with E-state index in [4.69, 9.17) is 10.3 Å². The standard InChI is InChI=1S/C7H10N6O3S/c1-4-11-6(13-16-4)3-10-17(14,15)5-2-9-12-7(5)8/h2,10H,3H2,1H3,(H3,8,9,12). The number of hydrogen-bond donors (Lipinski definition) is 3. The van der Waals surface area contributed by atoms with Gasteiger partial charge in [0.15, 0.2) is 5.82 Å². The van der Waals surface area contributed by atoms with Crippen molar-refractivity contribution in [3.05, 3.63) is 17.9 Å². The number of nitrogens with zero attached hydrogens (tertiary/aromatic N) is 3. The van der Waals surface area contributed by atoms with Gasteiger partial charge in [-0.15, -0.1) is 0 Å².